The Bertz CT molecular complexity index is 272. The highest BCUT2D eigenvalue weighted by atomic mass is 79.9. The first kappa shape index (κ1) is 11.3. The van der Waals surface area contributed by atoms with Crippen molar-refractivity contribution in [2.75, 3.05) is 11.9 Å². The molecule has 0 radical (unpaired) electrons. The Morgan fingerprint density at radius 3 is 2.93 bits per heavy atom. The van der Waals surface area contributed by atoms with Crippen molar-refractivity contribution in [1.82, 2.24) is 4.90 Å². The van der Waals surface area contributed by atoms with E-state index in [9.17, 15) is 4.79 Å². The van der Waals surface area contributed by atoms with Crippen LogP contribution in [0.5, 0.6) is 0 Å². The van der Waals surface area contributed by atoms with Crippen LogP contribution in [0.3, 0.4) is 0 Å². The largest absolute Gasteiger partial charge is 0.467 e. The lowest BCUT2D eigenvalue weighted by Gasteiger charge is -2.18. The van der Waals surface area contributed by atoms with Gasteiger partial charge >= 0.3 is 0 Å². The molecule has 0 saturated heterocycles. The van der Waals surface area contributed by atoms with Gasteiger partial charge in [-0.25, -0.2) is 0 Å². The van der Waals surface area contributed by atoms with E-state index >= 15 is 0 Å². The van der Waals surface area contributed by atoms with E-state index in [1.165, 1.54) is 0 Å². The molecule has 3 nitrogen and oxygen atoms in total. The molecule has 14 heavy (non-hydrogen) atoms. The van der Waals surface area contributed by atoms with E-state index in [0.29, 0.717) is 24.8 Å². The maximum Gasteiger partial charge on any atom is 0.223 e. The minimum absolute atomic E-state index is 0.153. The number of rotatable bonds is 5. The van der Waals surface area contributed by atoms with Crippen LogP contribution in [0.15, 0.2) is 22.8 Å². The topological polar surface area (TPSA) is 33.5 Å². The molecule has 1 heterocycles. The third-order valence-electron chi connectivity index (χ3n) is 1.97. The predicted molar refractivity (Wildman–Crippen MR) is 58.2 cm³/mol. The normalized spacial score (nSPS) is 10.1. The number of carbonyl (C=O) groups is 1. The average molecular weight is 260 g/mol. The summed E-state index contributed by atoms with van der Waals surface area (Å²) in [5, 5.41) is 0.709. The first-order valence-electron chi connectivity index (χ1n) is 4.64. The summed E-state index contributed by atoms with van der Waals surface area (Å²) >= 11 is 3.25. The zero-order chi connectivity index (χ0) is 10.4. The molecule has 0 atom stereocenters. The van der Waals surface area contributed by atoms with Crippen LogP contribution >= 0.6 is 15.9 Å². The van der Waals surface area contributed by atoms with Crippen molar-refractivity contribution in [2.24, 2.45) is 0 Å². The molecule has 0 aliphatic carbocycles. The molecule has 0 spiro atoms. The summed E-state index contributed by atoms with van der Waals surface area (Å²) in [6.45, 7) is 3.25. The fourth-order valence-corrected chi connectivity index (χ4v) is 1.55. The number of hydrogen-bond acceptors (Lipinski definition) is 2. The van der Waals surface area contributed by atoms with Gasteiger partial charge in [-0.15, -0.1) is 0 Å². The Morgan fingerprint density at radius 1 is 1.64 bits per heavy atom. The molecule has 1 amide bonds. The van der Waals surface area contributed by atoms with E-state index in [0.717, 1.165) is 5.76 Å². The number of carbonyl (C=O) groups excluding carboxylic acids is 1. The molecule has 0 bridgehead atoms. The van der Waals surface area contributed by atoms with Crippen LogP contribution in [0.1, 0.15) is 19.1 Å². The van der Waals surface area contributed by atoms with Gasteiger partial charge in [-0.05, 0) is 19.1 Å². The van der Waals surface area contributed by atoms with Crippen LogP contribution in [0.2, 0.25) is 0 Å². The van der Waals surface area contributed by atoms with Gasteiger partial charge in [0, 0.05) is 18.3 Å². The maximum atomic E-state index is 11.6. The molecule has 1 aromatic rings. The van der Waals surface area contributed by atoms with Crippen molar-refractivity contribution in [1.29, 1.82) is 0 Å². The third-order valence-corrected chi connectivity index (χ3v) is 2.37. The van der Waals surface area contributed by atoms with Gasteiger partial charge in [-0.3, -0.25) is 4.79 Å². The molecular formula is C10H14BrNO2. The molecule has 0 aliphatic heterocycles. The maximum absolute atomic E-state index is 11.6. The highest BCUT2D eigenvalue weighted by molar-refractivity contribution is 9.09. The molecule has 0 fully saturated rings. The highest BCUT2D eigenvalue weighted by Crippen LogP contribution is 2.07. The van der Waals surface area contributed by atoms with E-state index in [2.05, 4.69) is 15.9 Å². The summed E-state index contributed by atoms with van der Waals surface area (Å²) in [7, 11) is 0. The van der Waals surface area contributed by atoms with E-state index in [4.69, 9.17) is 4.42 Å². The van der Waals surface area contributed by atoms with Crippen molar-refractivity contribution in [3.05, 3.63) is 24.2 Å². The number of furan rings is 1. The molecule has 0 N–H and O–H groups in total. The summed E-state index contributed by atoms with van der Waals surface area (Å²) in [6.07, 6.45) is 2.16. The summed E-state index contributed by atoms with van der Waals surface area (Å²) in [6, 6.07) is 3.71. The monoisotopic (exact) mass is 259 g/mol. The molecular weight excluding hydrogens is 246 g/mol. The van der Waals surface area contributed by atoms with Crippen LogP contribution in [0, 0.1) is 0 Å². The van der Waals surface area contributed by atoms with Crippen molar-refractivity contribution >= 4 is 21.8 Å². The van der Waals surface area contributed by atoms with E-state index < -0.39 is 0 Å². The van der Waals surface area contributed by atoms with Gasteiger partial charge < -0.3 is 9.32 Å². The first-order valence-corrected chi connectivity index (χ1v) is 5.76. The second kappa shape index (κ2) is 5.86. The first-order chi connectivity index (χ1) is 6.77. The number of nitrogens with zero attached hydrogens (tertiary/aromatic N) is 1. The summed E-state index contributed by atoms with van der Waals surface area (Å²) < 4.78 is 5.19. The Kier molecular flexibility index (Phi) is 4.73. The fourth-order valence-electron chi connectivity index (χ4n) is 1.21. The Morgan fingerprint density at radius 2 is 2.43 bits per heavy atom. The molecule has 0 saturated carbocycles. The number of amides is 1. The van der Waals surface area contributed by atoms with Crippen LogP contribution < -0.4 is 0 Å². The van der Waals surface area contributed by atoms with Gasteiger partial charge in [0.05, 0.1) is 12.8 Å². The molecule has 1 aromatic heterocycles. The third kappa shape index (κ3) is 3.18. The molecule has 4 heteroatoms. The standard InChI is InChI=1S/C10H14BrNO2/c1-2-12(10(13)5-6-11)8-9-4-3-7-14-9/h3-4,7H,2,5-6,8H2,1H3. The highest BCUT2D eigenvalue weighted by Gasteiger charge is 2.11. The minimum Gasteiger partial charge on any atom is -0.467 e. The Labute approximate surface area is 92.2 Å². The smallest absolute Gasteiger partial charge is 0.223 e. The van der Waals surface area contributed by atoms with Gasteiger partial charge in [0.1, 0.15) is 5.76 Å². The van der Waals surface area contributed by atoms with E-state index in [1.54, 1.807) is 11.2 Å². The fraction of sp³-hybridized carbons (Fsp3) is 0.500. The summed E-state index contributed by atoms with van der Waals surface area (Å²) in [4.78, 5) is 13.3. The van der Waals surface area contributed by atoms with Crippen molar-refractivity contribution in [2.45, 2.75) is 19.9 Å². The number of alkyl halides is 1. The van der Waals surface area contributed by atoms with Crippen LogP contribution in [0.25, 0.3) is 0 Å². The van der Waals surface area contributed by atoms with E-state index in [1.807, 2.05) is 19.1 Å². The number of halogens is 1. The minimum atomic E-state index is 0.153. The van der Waals surface area contributed by atoms with Crippen molar-refractivity contribution in [3.8, 4) is 0 Å². The zero-order valence-electron chi connectivity index (χ0n) is 8.20. The molecule has 0 aliphatic rings. The predicted octanol–water partition coefficient (Wildman–Crippen LogP) is 2.41. The van der Waals surface area contributed by atoms with Gasteiger partial charge in [0.25, 0.3) is 0 Å². The van der Waals surface area contributed by atoms with Crippen molar-refractivity contribution in [3.63, 3.8) is 0 Å². The second-order valence-corrected chi connectivity index (χ2v) is 3.72. The quantitative estimate of drug-likeness (QED) is 0.762. The Hall–Kier alpha value is -0.770. The SMILES string of the molecule is CCN(Cc1ccco1)C(=O)CCBr. The summed E-state index contributed by atoms with van der Waals surface area (Å²) in [5.41, 5.74) is 0. The molecule has 0 aromatic carbocycles. The van der Waals surface area contributed by atoms with Gasteiger partial charge in [0.15, 0.2) is 0 Å². The van der Waals surface area contributed by atoms with Crippen LogP contribution in [0.4, 0.5) is 0 Å². The molecule has 0 unspecified atom stereocenters. The molecule has 78 valence electrons. The van der Waals surface area contributed by atoms with Gasteiger partial charge in [-0.1, -0.05) is 15.9 Å². The van der Waals surface area contributed by atoms with Crippen LogP contribution in [-0.4, -0.2) is 22.7 Å². The summed E-state index contributed by atoms with van der Waals surface area (Å²) in [5.74, 6) is 0.982. The Balaban J connectivity index is 2.50. The molecule has 1 rings (SSSR count). The van der Waals surface area contributed by atoms with Crippen molar-refractivity contribution < 1.29 is 9.21 Å². The lowest BCUT2D eigenvalue weighted by molar-refractivity contribution is -0.131. The van der Waals surface area contributed by atoms with E-state index in [-0.39, 0.29) is 5.91 Å². The zero-order valence-corrected chi connectivity index (χ0v) is 9.79. The second-order valence-electron chi connectivity index (χ2n) is 2.93. The number of hydrogen-bond donors (Lipinski definition) is 0. The lowest BCUT2D eigenvalue weighted by Crippen LogP contribution is -2.30. The lowest BCUT2D eigenvalue weighted by atomic mass is 10.3. The van der Waals surface area contributed by atoms with Gasteiger partial charge in [0.2, 0.25) is 5.91 Å². The average Bonchev–Trinajstić information content (AvgIpc) is 2.66. The van der Waals surface area contributed by atoms with Gasteiger partial charge in [-0.2, -0.15) is 0 Å². The van der Waals surface area contributed by atoms with Crippen LogP contribution in [-0.2, 0) is 11.3 Å².